The van der Waals surface area contributed by atoms with Gasteiger partial charge in [0.2, 0.25) is 4.91 Å². The van der Waals surface area contributed by atoms with Gasteiger partial charge in [0.25, 0.3) is 0 Å². The van der Waals surface area contributed by atoms with Crippen molar-refractivity contribution in [3.05, 3.63) is 82.7 Å². The van der Waals surface area contributed by atoms with E-state index in [1.807, 2.05) is 83.6 Å². The molecule has 0 saturated heterocycles. The molecule has 108 valence electrons. The Morgan fingerprint density at radius 1 is 0.909 bits per heavy atom. The molecule has 1 heterocycles. The molecule has 0 bridgehead atoms. The van der Waals surface area contributed by atoms with Crippen molar-refractivity contribution in [2.45, 2.75) is 0 Å². The lowest BCUT2D eigenvalue weighted by molar-refractivity contribution is -0.523. The Balaban J connectivity index is 0.00000176. The van der Waals surface area contributed by atoms with Crippen LogP contribution in [0.3, 0.4) is 0 Å². The van der Waals surface area contributed by atoms with Gasteiger partial charge in [-0.2, -0.15) is 4.57 Å². The molecule has 3 rings (SSSR count). The van der Waals surface area contributed by atoms with E-state index < -0.39 is 0 Å². The normalized spacial score (nSPS) is 10.2. The Labute approximate surface area is 134 Å². The number of rotatable bonds is 3. The van der Waals surface area contributed by atoms with Crippen molar-refractivity contribution in [3.8, 4) is 0 Å². The predicted octanol–water partition coefficient (Wildman–Crippen LogP) is 1.70. The Morgan fingerprint density at radius 2 is 1.64 bits per heavy atom. The number of hydrogen-bond acceptors (Lipinski definition) is 1. The van der Waals surface area contributed by atoms with Gasteiger partial charge in [0.1, 0.15) is 5.52 Å². The molecule has 0 N–H and O–H groups in total. The van der Waals surface area contributed by atoms with Crippen LogP contribution in [0.5, 0.6) is 0 Å². The third kappa shape index (κ3) is 3.26. The van der Waals surface area contributed by atoms with Crippen LogP contribution >= 0.6 is 0 Å². The molecule has 4 nitrogen and oxygen atoms in total. The maximum Gasteiger partial charge on any atom is 0.421 e. The Bertz CT molecular complexity index is 853. The van der Waals surface area contributed by atoms with Crippen molar-refractivity contribution in [1.29, 1.82) is 0 Å². The summed E-state index contributed by atoms with van der Waals surface area (Å²) in [6, 6.07) is 21.8. The smallest absolute Gasteiger partial charge is 0.421 e. The lowest BCUT2D eigenvalue weighted by Crippen LogP contribution is -3.00. The molecule has 0 aliphatic rings. The number of para-hydroxylation sites is 1. The van der Waals surface area contributed by atoms with Gasteiger partial charge in [-0.25, -0.2) is 0 Å². The first kappa shape index (κ1) is 15.6. The highest BCUT2D eigenvalue weighted by molar-refractivity contribution is 5.77. The quantitative estimate of drug-likeness (QED) is 0.306. The Morgan fingerprint density at radius 3 is 2.41 bits per heavy atom. The number of hydrogen-bond donors (Lipinski definition) is 0. The van der Waals surface area contributed by atoms with Gasteiger partial charge in [-0.15, -0.1) is 0 Å². The molecule has 22 heavy (non-hydrogen) atoms. The van der Waals surface area contributed by atoms with E-state index in [-0.39, 0.29) is 12.4 Å². The van der Waals surface area contributed by atoms with Gasteiger partial charge in [-0.1, -0.05) is 48.5 Å². The summed E-state index contributed by atoms with van der Waals surface area (Å²) in [6.07, 6.45) is 3.91. The molecule has 1 aromatic heterocycles. The predicted molar refractivity (Wildman–Crippen MR) is 84.6 cm³/mol. The first-order valence-electron chi connectivity index (χ1n) is 6.60. The van der Waals surface area contributed by atoms with E-state index in [4.69, 9.17) is 5.53 Å². The minimum atomic E-state index is 0. The van der Waals surface area contributed by atoms with E-state index in [0.717, 1.165) is 16.5 Å². The Hall–Kier alpha value is -2.81. The maximum atomic E-state index is 8.72. The van der Waals surface area contributed by atoms with Crippen LogP contribution in [0.25, 0.3) is 33.6 Å². The Kier molecular flexibility index (Phi) is 5.15. The highest BCUT2D eigenvalue weighted by Crippen LogP contribution is 2.16. The molecule has 0 aliphatic heterocycles. The third-order valence-corrected chi connectivity index (χ3v) is 3.22. The zero-order valence-electron chi connectivity index (χ0n) is 11.7. The van der Waals surface area contributed by atoms with E-state index >= 15 is 0 Å². The van der Waals surface area contributed by atoms with E-state index in [2.05, 4.69) is 10.0 Å². The monoisotopic (exact) mass is 308 g/mol. The maximum absolute atomic E-state index is 8.72. The topological polar surface area (TPSA) is 52.6 Å². The van der Waals surface area contributed by atoms with Gasteiger partial charge in [-0.3, -0.25) is 0 Å². The molecular weight excluding hydrogens is 296 g/mol. The zero-order valence-corrected chi connectivity index (χ0v) is 12.4. The second kappa shape index (κ2) is 7.27. The largest absolute Gasteiger partial charge is 1.00 e. The number of fused-ring (bicyclic) bond motifs is 1. The van der Waals surface area contributed by atoms with Crippen LogP contribution in [-0.4, -0.2) is 0 Å². The molecular formula is C17H13ClN4. The van der Waals surface area contributed by atoms with Crippen LogP contribution in [0.2, 0.25) is 0 Å². The summed E-state index contributed by atoms with van der Waals surface area (Å²) in [4.78, 5) is 2.90. The molecule has 0 aliphatic carbocycles. The van der Waals surface area contributed by atoms with E-state index in [0.29, 0.717) is 5.82 Å². The fraction of sp³-hybridized carbons (Fsp3) is 0. The van der Waals surface area contributed by atoms with Crippen LogP contribution in [0.1, 0.15) is 5.56 Å². The van der Waals surface area contributed by atoms with Crippen molar-refractivity contribution in [3.63, 3.8) is 0 Å². The lowest BCUT2D eigenvalue weighted by atomic mass is 10.2. The van der Waals surface area contributed by atoms with Gasteiger partial charge in [-0.05, 0) is 23.8 Å². The molecule has 0 fully saturated rings. The summed E-state index contributed by atoms with van der Waals surface area (Å²) in [6.45, 7) is 0. The number of pyridine rings is 1. The molecule has 5 heteroatoms. The second-order valence-electron chi connectivity index (χ2n) is 4.54. The lowest BCUT2D eigenvalue weighted by Gasteiger charge is -1.99. The van der Waals surface area contributed by atoms with Gasteiger partial charge in [0, 0.05) is 17.0 Å². The fourth-order valence-corrected chi connectivity index (χ4v) is 2.22. The van der Waals surface area contributed by atoms with Gasteiger partial charge < -0.3 is 12.4 Å². The van der Waals surface area contributed by atoms with Crippen molar-refractivity contribution in [2.24, 2.45) is 5.11 Å². The molecule has 0 atom stereocenters. The minimum Gasteiger partial charge on any atom is -1.00 e. The highest BCUT2D eigenvalue weighted by Gasteiger charge is 2.16. The summed E-state index contributed by atoms with van der Waals surface area (Å²) >= 11 is 0. The number of benzene rings is 2. The van der Waals surface area contributed by atoms with Gasteiger partial charge in [0.15, 0.2) is 0 Å². The van der Waals surface area contributed by atoms with Crippen LogP contribution in [0.4, 0.5) is 5.82 Å². The fourth-order valence-electron chi connectivity index (χ4n) is 2.22. The molecule has 0 unspecified atom stereocenters. The van der Waals surface area contributed by atoms with Crippen LogP contribution < -0.4 is 17.0 Å². The molecule has 2 aromatic carbocycles. The summed E-state index contributed by atoms with van der Waals surface area (Å²) in [5.74, 6) is 0.559. The average molecular weight is 309 g/mol. The number of halogens is 1. The van der Waals surface area contributed by atoms with Crippen molar-refractivity contribution >= 4 is 29.0 Å². The minimum absolute atomic E-state index is 0. The number of aromatic nitrogens is 1. The molecule has 0 spiro atoms. The van der Waals surface area contributed by atoms with Crippen LogP contribution in [0.15, 0.2) is 71.8 Å². The van der Waals surface area contributed by atoms with Crippen molar-refractivity contribution in [2.75, 3.05) is 0 Å². The van der Waals surface area contributed by atoms with Gasteiger partial charge >= 0.3 is 10.9 Å². The SMILES string of the molecule is [Cl-].[N-]=[N+]=Nc1ccc2ccccc2[n+]1C=Cc1ccccc1. The van der Waals surface area contributed by atoms with E-state index in [1.54, 1.807) is 0 Å². The van der Waals surface area contributed by atoms with Gasteiger partial charge in [0.05, 0.1) is 6.20 Å². The number of nitrogens with zero attached hydrogens (tertiary/aromatic N) is 4. The molecule has 0 radical (unpaired) electrons. The molecule has 0 amide bonds. The standard InChI is InChI=1S/C17H13N4.ClH/c18-20-19-17-11-10-15-8-4-5-9-16(15)21(17)13-12-14-6-2-1-3-7-14;/h1-13H;1H/q+1;/p-1. The highest BCUT2D eigenvalue weighted by atomic mass is 35.5. The number of azide groups is 1. The van der Waals surface area contributed by atoms with E-state index in [1.165, 1.54) is 0 Å². The summed E-state index contributed by atoms with van der Waals surface area (Å²) in [5.41, 5.74) is 10.8. The van der Waals surface area contributed by atoms with Crippen molar-refractivity contribution in [1.82, 2.24) is 0 Å². The first-order valence-corrected chi connectivity index (χ1v) is 6.60. The first-order chi connectivity index (χ1) is 10.4. The third-order valence-electron chi connectivity index (χ3n) is 3.22. The van der Waals surface area contributed by atoms with E-state index in [9.17, 15) is 0 Å². The average Bonchev–Trinajstić information content (AvgIpc) is 2.55. The molecule has 0 saturated carbocycles. The summed E-state index contributed by atoms with van der Waals surface area (Å²) < 4.78 is 1.89. The summed E-state index contributed by atoms with van der Waals surface area (Å²) in [7, 11) is 0. The van der Waals surface area contributed by atoms with Crippen molar-refractivity contribution < 1.29 is 17.0 Å². The zero-order chi connectivity index (χ0) is 14.5. The van der Waals surface area contributed by atoms with Crippen LogP contribution in [-0.2, 0) is 0 Å². The molecule has 3 aromatic rings. The van der Waals surface area contributed by atoms with Crippen LogP contribution in [0, 0.1) is 0 Å². The summed E-state index contributed by atoms with van der Waals surface area (Å²) in [5, 5.41) is 4.85. The second-order valence-corrected chi connectivity index (χ2v) is 4.54.